The van der Waals surface area contributed by atoms with Crippen LogP contribution in [0.5, 0.6) is 0 Å². The topological polar surface area (TPSA) is 46.5 Å². The molecule has 3 nitrogen and oxygen atoms in total. The zero-order chi connectivity index (χ0) is 10.0. The minimum absolute atomic E-state index is 0.239. The predicted octanol–water partition coefficient (Wildman–Crippen LogP) is 1.04. The van der Waals surface area contributed by atoms with E-state index >= 15 is 0 Å². The number of aliphatic hydroxyl groups excluding tert-OH is 1. The van der Waals surface area contributed by atoms with Crippen LogP contribution in [0, 0.1) is 5.92 Å². The summed E-state index contributed by atoms with van der Waals surface area (Å²) in [6, 6.07) is 0. The monoisotopic (exact) mass is 182 g/mol. The molecule has 0 aromatic rings. The van der Waals surface area contributed by atoms with Crippen molar-refractivity contribution in [3.05, 3.63) is 23.8 Å². The van der Waals surface area contributed by atoms with Crippen LogP contribution in [0.3, 0.4) is 0 Å². The van der Waals surface area contributed by atoms with Gasteiger partial charge in [0, 0.05) is 5.57 Å². The lowest BCUT2D eigenvalue weighted by atomic mass is 9.96. The van der Waals surface area contributed by atoms with Gasteiger partial charge in [-0.15, -0.1) is 0 Å². The van der Waals surface area contributed by atoms with Crippen LogP contribution in [-0.4, -0.2) is 23.8 Å². The zero-order valence-electron chi connectivity index (χ0n) is 7.91. The second-order valence-corrected chi connectivity index (χ2v) is 3.46. The average molecular weight is 182 g/mol. The molecule has 1 fully saturated rings. The molecule has 1 N–H and O–H groups in total. The van der Waals surface area contributed by atoms with Gasteiger partial charge in [-0.1, -0.05) is 18.2 Å². The van der Waals surface area contributed by atoms with Crippen LogP contribution in [0.1, 0.15) is 13.8 Å². The molecule has 1 saturated heterocycles. The largest absolute Gasteiger partial charge is 0.462 e. The van der Waals surface area contributed by atoms with Crippen LogP contribution in [0.15, 0.2) is 23.8 Å². The third kappa shape index (κ3) is 2.18. The van der Waals surface area contributed by atoms with Crippen molar-refractivity contribution in [1.82, 2.24) is 0 Å². The highest BCUT2D eigenvalue weighted by Gasteiger charge is 2.33. The molecule has 72 valence electrons. The van der Waals surface area contributed by atoms with Gasteiger partial charge in [-0.2, -0.15) is 0 Å². The maximum Gasteiger partial charge on any atom is 0.333 e. The first-order valence-electron chi connectivity index (χ1n) is 4.21. The van der Waals surface area contributed by atoms with Gasteiger partial charge in [0.15, 0.2) is 0 Å². The summed E-state index contributed by atoms with van der Waals surface area (Å²) in [5.41, 5.74) is 1.38. The molecule has 13 heavy (non-hydrogen) atoms. The third-order valence-corrected chi connectivity index (χ3v) is 2.02. The van der Waals surface area contributed by atoms with Crippen LogP contribution in [0.2, 0.25) is 0 Å². The quantitative estimate of drug-likeness (QED) is 0.394. The van der Waals surface area contributed by atoms with Crippen LogP contribution in [-0.2, 0) is 9.53 Å². The molecule has 2 unspecified atom stereocenters. The number of allylic oxidation sites excluding steroid dienone is 1. The first-order valence-corrected chi connectivity index (χ1v) is 4.21. The molecule has 0 aromatic heterocycles. The number of rotatable bonds is 2. The zero-order valence-corrected chi connectivity index (χ0v) is 7.91. The maximum atomic E-state index is 10.9. The molecule has 1 aliphatic heterocycles. The summed E-state index contributed by atoms with van der Waals surface area (Å²) in [6.07, 6.45) is 1.04. The average Bonchev–Trinajstić information content (AvgIpc) is 2.31. The van der Waals surface area contributed by atoms with Gasteiger partial charge < -0.3 is 9.84 Å². The molecular formula is C10H14O3. The first kappa shape index (κ1) is 9.99. The summed E-state index contributed by atoms with van der Waals surface area (Å²) >= 11 is 0. The second-order valence-electron chi connectivity index (χ2n) is 3.46. The minimum Gasteiger partial charge on any atom is -0.462 e. The van der Waals surface area contributed by atoms with Gasteiger partial charge in [0.05, 0.1) is 12.0 Å². The molecule has 3 heteroatoms. The second kappa shape index (κ2) is 3.75. The molecule has 0 bridgehead atoms. The highest BCUT2D eigenvalue weighted by atomic mass is 16.5. The summed E-state index contributed by atoms with van der Waals surface area (Å²) in [5.74, 6) is -0.673. The van der Waals surface area contributed by atoms with Crippen molar-refractivity contribution in [2.24, 2.45) is 5.92 Å². The summed E-state index contributed by atoms with van der Waals surface area (Å²) in [6.45, 7) is 7.60. The van der Waals surface area contributed by atoms with Crippen molar-refractivity contribution < 1.29 is 14.6 Å². The van der Waals surface area contributed by atoms with Crippen molar-refractivity contribution in [3.63, 3.8) is 0 Å². The normalized spacial score (nSPS) is 24.1. The van der Waals surface area contributed by atoms with E-state index in [1.54, 1.807) is 6.08 Å². The van der Waals surface area contributed by atoms with E-state index in [0.29, 0.717) is 5.57 Å². The minimum atomic E-state index is -0.663. The van der Waals surface area contributed by atoms with E-state index in [9.17, 15) is 9.90 Å². The Kier molecular flexibility index (Phi) is 2.88. The Balaban J connectivity index is 2.69. The standard InChI is InChI=1S/C10H14O3/c1-6(2)4-9(11)8-5-13-10(12)7(8)3/h4,8-9,11H,3,5H2,1-2H3. The molecule has 0 aliphatic carbocycles. The van der Waals surface area contributed by atoms with E-state index in [4.69, 9.17) is 4.74 Å². The van der Waals surface area contributed by atoms with Gasteiger partial charge >= 0.3 is 5.97 Å². The van der Waals surface area contributed by atoms with Crippen LogP contribution >= 0.6 is 0 Å². The lowest BCUT2D eigenvalue weighted by Gasteiger charge is -2.12. The fourth-order valence-electron chi connectivity index (χ4n) is 1.27. The Morgan fingerprint density at radius 2 is 2.38 bits per heavy atom. The molecule has 1 heterocycles. The molecule has 0 radical (unpaired) electrons. The highest BCUT2D eigenvalue weighted by Crippen LogP contribution is 2.23. The maximum absolute atomic E-state index is 10.9. The van der Waals surface area contributed by atoms with Gasteiger partial charge in [0.25, 0.3) is 0 Å². The summed E-state index contributed by atoms with van der Waals surface area (Å²) < 4.78 is 4.75. The first-order chi connectivity index (χ1) is 6.02. The van der Waals surface area contributed by atoms with Crippen molar-refractivity contribution >= 4 is 5.97 Å². The molecule has 1 rings (SSSR count). The Hall–Kier alpha value is -1.09. The molecule has 0 spiro atoms. The Morgan fingerprint density at radius 1 is 1.77 bits per heavy atom. The van der Waals surface area contributed by atoms with Gasteiger partial charge in [0.1, 0.15) is 6.61 Å². The number of carbonyl (C=O) groups excluding carboxylic acids is 1. The number of cyclic esters (lactones) is 1. The fraction of sp³-hybridized carbons (Fsp3) is 0.500. The lowest BCUT2D eigenvalue weighted by Crippen LogP contribution is -2.20. The van der Waals surface area contributed by atoms with Crippen molar-refractivity contribution in [2.45, 2.75) is 20.0 Å². The highest BCUT2D eigenvalue weighted by molar-refractivity contribution is 5.90. The summed E-state index contributed by atoms with van der Waals surface area (Å²) in [4.78, 5) is 10.9. The van der Waals surface area contributed by atoms with Gasteiger partial charge in [-0.05, 0) is 13.8 Å². The number of hydrogen-bond acceptors (Lipinski definition) is 3. The van der Waals surface area contributed by atoms with Crippen molar-refractivity contribution in [3.8, 4) is 0 Å². The summed E-state index contributed by atoms with van der Waals surface area (Å²) in [7, 11) is 0. The predicted molar refractivity (Wildman–Crippen MR) is 49.0 cm³/mol. The van der Waals surface area contributed by atoms with E-state index in [-0.39, 0.29) is 12.5 Å². The fourth-order valence-corrected chi connectivity index (χ4v) is 1.27. The van der Waals surface area contributed by atoms with Crippen molar-refractivity contribution in [2.75, 3.05) is 6.61 Å². The summed E-state index contributed by atoms with van der Waals surface area (Å²) in [5, 5.41) is 9.64. The van der Waals surface area contributed by atoms with Gasteiger partial charge in [-0.25, -0.2) is 4.79 Å². The number of hydrogen-bond donors (Lipinski definition) is 1. The van der Waals surface area contributed by atoms with E-state index in [1.165, 1.54) is 0 Å². The van der Waals surface area contributed by atoms with E-state index in [2.05, 4.69) is 6.58 Å². The molecule has 2 atom stereocenters. The van der Waals surface area contributed by atoms with Gasteiger partial charge in [-0.3, -0.25) is 0 Å². The Labute approximate surface area is 77.7 Å². The van der Waals surface area contributed by atoms with Crippen LogP contribution < -0.4 is 0 Å². The molecule has 0 saturated carbocycles. The van der Waals surface area contributed by atoms with Crippen molar-refractivity contribution in [1.29, 1.82) is 0 Å². The number of aliphatic hydroxyl groups is 1. The molecule has 1 aliphatic rings. The Bertz CT molecular complexity index is 261. The lowest BCUT2D eigenvalue weighted by molar-refractivity contribution is -0.135. The third-order valence-electron chi connectivity index (χ3n) is 2.02. The van der Waals surface area contributed by atoms with Crippen LogP contribution in [0.25, 0.3) is 0 Å². The number of carbonyl (C=O) groups is 1. The van der Waals surface area contributed by atoms with E-state index in [0.717, 1.165) is 5.57 Å². The SMILES string of the molecule is C=C1C(=O)OCC1C(O)C=C(C)C. The number of ether oxygens (including phenoxy) is 1. The molecule has 0 aromatic carbocycles. The van der Waals surface area contributed by atoms with Gasteiger partial charge in [0.2, 0.25) is 0 Å². The van der Waals surface area contributed by atoms with Crippen LogP contribution in [0.4, 0.5) is 0 Å². The molecular weight excluding hydrogens is 168 g/mol. The van der Waals surface area contributed by atoms with E-state index in [1.807, 2.05) is 13.8 Å². The Morgan fingerprint density at radius 3 is 2.77 bits per heavy atom. The smallest absolute Gasteiger partial charge is 0.333 e. The van der Waals surface area contributed by atoms with E-state index < -0.39 is 12.1 Å². The molecule has 0 amide bonds. The number of esters is 1.